The smallest absolute Gasteiger partial charge is 0.155 e. The van der Waals surface area contributed by atoms with E-state index >= 15 is 0 Å². The molecule has 0 unspecified atom stereocenters. The molecule has 0 fully saturated rings. The summed E-state index contributed by atoms with van der Waals surface area (Å²) in [4.78, 5) is 1.25. The van der Waals surface area contributed by atoms with Gasteiger partial charge in [-0.15, -0.1) is 5.10 Å². The van der Waals surface area contributed by atoms with Gasteiger partial charge in [0.05, 0.1) is 22.4 Å². The summed E-state index contributed by atoms with van der Waals surface area (Å²) >= 11 is 0. The Labute approximate surface area is 138 Å². The van der Waals surface area contributed by atoms with Crippen LogP contribution < -0.4 is 11.3 Å². The van der Waals surface area contributed by atoms with Gasteiger partial charge in [0.1, 0.15) is 0 Å². The van der Waals surface area contributed by atoms with Crippen LogP contribution in [-0.4, -0.2) is 24.9 Å². The number of anilines is 1. The third kappa shape index (κ3) is 1.88. The molecule has 0 radical (unpaired) electrons. The maximum absolute atomic E-state index is 9.26. The Balaban J connectivity index is 2.07. The van der Waals surface area contributed by atoms with Gasteiger partial charge in [0.15, 0.2) is 5.82 Å². The minimum atomic E-state index is 0.360. The average molecular weight is 322 g/mol. The predicted molar refractivity (Wildman–Crippen MR) is 94.1 cm³/mol. The van der Waals surface area contributed by atoms with Crippen LogP contribution in [0.5, 0.6) is 0 Å². The average Bonchev–Trinajstić information content (AvgIpc) is 3.05. The van der Waals surface area contributed by atoms with Crippen molar-refractivity contribution in [2.24, 2.45) is 0 Å². The minimum Gasteiger partial charge on any atom is -0.382 e. The molecule has 0 aliphatic heterocycles. The lowest BCUT2D eigenvalue weighted by Crippen LogP contribution is -2.11. The van der Waals surface area contributed by atoms with E-state index in [1.807, 2.05) is 42.3 Å². The Morgan fingerprint density at radius 3 is 2.58 bits per heavy atom. The zero-order valence-electron chi connectivity index (χ0n) is 13.7. The number of rotatable bonds is 2. The first-order valence-corrected chi connectivity index (χ1v) is 7.65. The van der Waals surface area contributed by atoms with E-state index in [4.69, 9.17) is 10.8 Å². The molecule has 2 aromatic heterocycles. The van der Waals surface area contributed by atoms with Crippen LogP contribution in [0.15, 0.2) is 30.3 Å². The maximum atomic E-state index is 9.26. The lowest BCUT2D eigenvalue weighted by molar-refractivity contribution is 0.308. The number of benzene rings is 2. The van der Waals surface area contributed by atoms with Crippen molar-refractivity contribution in [1.29, 1.82) is 0 Å². The maximum Gasteiger partial charge on any atom is 0.155 e. The topological polar surface area (TPSA) is 93.9 Å². The molecular weight excluding hydrogens is 304 g/mol. The highest BCUT2D eigenvalue weighted by molar-refractivity contribution is 5.93. The Hall–Kier alpha value is -3.06. The summed E-state index contributed by atoms with van der Waals surface area (Å²) < 4.78 is 1.93. The Morgan fingerprint density at radius 2 is 1.83 bits per heavy atom. The van der Waals surface area contributed by atoms with Crippen LogP contribution in [0.4, 0.5) is 5.82 Å². The molecule has 2 heterocycles. The van der Waals surface area contributed by atoms with E-state index in [-0.39, 0.29) is 0 Å². The number of fused-ring (bicyclic) bond motifs is 2. The summed E-state index contributed by atoms with van der Waals surface area (Å²) in [5.74, 6) is 0.360. The van der Waals surface area contributed by atoms with Crippen molar-refractivity contribution in [2.45, 2.75) is 20.8 Å². The monoisotopic (exact) mass is 322 g/mol. The van der Waals surface area contributed by atoms with Crippen LogP contribution >= 0.6 is 0 Å². The fourth-order valence-corrected chi connectivity index (χ4v) is 3.32. The predicted octanol–water partition coefficient (Wildman–Crippen LogP) is 2.82. The summed E-state index contributed by atoms with van der Waals surface area (Å²) in [5.41, 5.74) is 13.8. The Kier molecular flexibility index (Phi) is 3.01. The molecule has 0 atom stereocenters. The van der Waals surface area contributed by atoms with Crippen LogP contribution in [-0.2, 0) is 0 Å². The first-order valence-electron chi connectivity index (χ1n) is 7.65. The van der Waals surface area contributed by atoms with Gasteiger partial charge < -0.3 is 5.73 Å². The van der Waals surface area contributed by atoms with Crippen LogP contribution in [0.2, 0.25) is 0 Å². The summed E-state index contributed by atoms with van der Waals surface area (Å²) in [5, 5.41) is 20.0. The van der Waals surface area contributed by atoms with Crippen molar-refractivity contribution in [3.63, 3.8) is 0 Å². The molecule has 0 aliphatic rings. The standard InChI is InChI=1S/C17H18N6O/c1-9-5-4-6-13-16(9)11(3)19-22(13)14-8-15-12(7-10(14)2)17(18)20-23(15)21-24/h4-8,21,24H,1-3H3,(H2,18,20). The van der Waals surface area contributed by atoms with Gasteiger partial charge in [-0.1, -0.05) is 12.1 Å². The molecule has 7 heteroatoms. The number of aryl methyl sites for hydroxylation is 3. The molecule has 4 rings (SSSR count). The van der Waals surface area contributed by atoms with Crippen molar-refractivity contribution in [1.82, 2.24) is 19.7 Å². The number of nitrogen functional groups attached to an aromatic ring is 1. The van der Waals surface area contributed by atoms with Crippen molar-refractivity contribution in [3.05, 3.63) is 47.2 Å². The number of nitrogens with zero attached hydrogens (tertiary/aromatic N) is 4. The fourth-order valence-electron chi connectivity index (χ4n) is 3.32. The van der Waals surface area contributed by atoms with E-state index in [0.29, 0.717) is 11.3 Å². The molecule has 0 saturated heterocycles. The highest BCUT2D eigenvalue weighted by Crippen LogP contribution is 2.30. The quantitative estimate of drug-likeness (QED) is 0.493. The van der Waals surface area contributed by atoms with Crippen molar-refractivity contribution >= 4 is 27.6 Å². The van der Waals surface area contributed by atoms with Gasteiger partial charge in [0.25, 0.3) is 0 Å². The van der Waals surface area contributed by atoms with Crippen LogP contribution in [0.25, 0.3) is 27.5 Å². The second-order valence-electron chi connectivity index (χ2n) is 6.02. The summed E-state index contributed by atoms with van der Waals surface area (Å²) in [7, 11) is 0. The van der Waals surface area contributed by atoms with E-state index in [1.54, 1.807) is 0 Å². The number of nitrogens with one attached hydrogen (secondary N) is 1. The largest absolute Gasteiger partial charge is 0.382 e. The summed E-state index contributed by atoms with van der Waals surface area (Å²) in [6.45, 7) is 6.11. The Morgan fingerprint density at radius 1 is 1.04 bits per heavy atom. The normalized spacial score (nSPS) is 11.5. The molecule has 0 spiro atoms. The van der Waals surface area contributed by atoms with Crippen molar-refractivity contribution < 1.29 is 5.21 Å². The van der Waals surface area contributed by atoms with E-state index in [9.17, 15) is 5.21 Å². The Bertz CT molecular complexity index is 1090. The summed E-state index contributed by atoms with van der Waals surface area (Å²) in [6.07, 6.45) is 0. The van der Waals surface area contributed by atoms with Crippen LogP contribution in [0.1, 0.15) is 16.8 Å². The van der Waals surface area contributed by atoms with Gasteiger partial charge in [0, 0.05) is 10.8 Å². The zero-order chi connectivity index (χ0) is 17.0. The lowest BCUT2D eigenvalue weighted by Gasteiger charge is -2.09. The van der Waals surface area contributed by atoms with Crippen molar-refractivity contribution in [3.8, 4) is 5.69 Å². The molecule has 0 aliphatic carbocycles. The second-order valence-corrected chi connectivity index (χ2v) is 6.02. The first-order chi connectivity index (χ1) is 11.5. The molecule has 122 valence electrons. The second kappa shape index (κ2) is 4.97. The summed E-state index contributed by atoms with van der Waals surface area (Å²) in [6, 6.07) is 10.1. The number of hydrogen-bond donors (Lipinski definition) is 3. The van der Waals surface area contributed by atoms with E-state index in [2.05, 4.69) is 24.2 Å². The molecule has 0 saturated carbocycles. The van der Waals surface area contributed by atoms with Crippen LogP contribution in [0, 0.1) is 20.8 Å². The molecule has 24 heavy (non-hydrogen) atoms. The van der Waals surface area contributed by atoms with Gasteiger partial charge in [-0.05, 0) is 50.1 Å². The molecule has 2 aromatic carbocycles. The van der Waals surface area contributed by atoms with E-state index < -0.39 is 0 Å². The van der Waals surface area contributed by atoms with E-state index in [0.717, 1.165) is 33.2 Å². The third-order valence-electron chi connectivity index (χ3n) is 4.44. The van der Waals surface area contributed by atoms with Gasteiger partial charge in [-0.25, -0.2) is 4.68 Å². The number of nitrogens with two attached hydrogens (primary N) is 1. The van der Waals surface area contributed by atoms with Gasteiger partial charge in [-0.2, -0.15) is 15.5 Å². The highest BCUT2D eigenvalue weighted by Gasteiger charge is 2.16. The zero-order valence-corrected chi connectivity index (χ0v) is 13.7. The first kappa shape index (κ1) is 14.5. The third-order valence-corrected chi connectivity index (χ3v) is 4.44. The molecular formula is C17H18N6O. The number of aromatic nitrogens is 4. The van der Waals surface area contributed by atoms with Gasteiger partial charge >= 0.3 is 0 Å². The van der Waals surface area contributed by atoms with E-state index in [1.165, 1.54) is 10.4 Å². The van der Waals surface area contributed by atoms with Crippen LogP contribution in [0.3, 0.4) is 0 Å². The minimum absolute atomic E-state index is 0.360. The fraction of sp³-hybridized carbons (Fsp3) is 0.176. The molecule has 4 N–H and O–H groups in total. The molecule has 4 aromatic rings. The molecule has 0 amide bonds. The highest BCUT2D eigenvalue weighted by atomic mass is 16.5. The SMILES string of the molecule is Cc1cc2c(N)nn(NO)c2cc1-n1nc(C)c2c(C)cccc21. The molecule has 0 bridgehead atoms. The van der Waals surface area contributed by atoms with Gasteiger partial charge in [-0.3, -0.25) is 5.21 Å². The van der Waals surface area contributed by atoms with Crippen molar-refractivity contribution in [2.75, 3.05) is 11.3 Å². The molecule has 7 nitrogen and oxygen atoms in total. The van der Waals surface area contributed by atoms with Gasteiger partial charge in [0.2, 0.25) is 0 Å². The number of hydrogen-bond acceptors (Lipinski definition) is 5. The lowest BCUT2D eigenvalue weighted by atomic mass is 10.1.